The maximum atomic E-state index is 14.1. The third-order valence-electron chi connectivity index (χ3n) is 4.54. The fourth-order valence-electron chi connectivity index (χ4n) is 3.45. The van der Waals surface area contributed by atoms with Gasteiger partial charge in [0.2, 0.25) is 0 Å². The van der Waals surface area contributed by atoms with Crippen LogP contribution in [-0.4, -0.2) is 25.4 Å². The van der Waals surface area contributed by atoms with Crippen molar-refractivity contribution in [3.63, 3.8) is 0 Å². The molecule has 3 N–H and O–H groups in total. The first kappa shape index (κ1) is 15.2. The SMILES string of the molecule is NNC(c1cc(Cl)ccc1F)C1CCOC2(CCOC2)C1. The lowest BCUT2D eigenvalue weighted by atomic mass is 9.79. The molecule has 0 amide bonds. The molecule has 0 saturated carbocycles. The number of benzene rings is 1. The number of hydrogen-bond donors (Lipinski definition) is 2. The average molecular weight is 315 g/mol. The van der Waals surface area contributed by atoms with E-state index in [0.29, 0.717) is 23.8 Å². The summed E-state index contributed by atoms with van der Waals surface area (Å²) in [6.07, 6.45) is 2.54. The van der Waals surface area contributed by atoms with Gasteiger partial charge in [-0.05, 0) is 37.0 Å². The van der Waals surface area contributed by atoms with E-state index in [2.05, 4.69) is 5.43 Å². The van der Waals surface area contributed by atoms with Crippen LogP contribution in [0, 0.1) is 11.7 Å². The van der Waals surface area contributed by atoms with Crippen molar-refractivity contribution in [2.45, 2.75) is 30.9 Å². The van der Waals surface area contributed by atoms with Crippen molar-refractivity contribution < 1.29 is 13.9 Å². The molecule has 2 aliphatic rings. The summed E-state index contributed by atoms with van der Waals surface area (Å²) in [5, 5.41) is 0.512. The Morgan fingerprint density at radius 2 is 2.29 bits per heavy atom. The van der Waals surface area contributed by atoms with Crippen molar-refractivity contribution >= 4 is 11.6 Å². The molecule has 4 nitrogen and oxygen atoms in total. The summed E-state index contributed by atoms with van der Waals surface area (Å²) in [6, 6.07) is 4.31. The van der Waals surface area contributed by atoms with Crippen LogP contribution in [0.4, 0.5) is 4.39 Å². The van der Waals surface area contributed by atoms with Crippen molar-refractivity contribution in [1.29, 1.82) is 0 Å². The lowest BCUT2D eigenvalue weighted by Crippen LogP contribution is -2.45. The van der Waals surface area contributed by atoms with E-state index in [1.807, 2.05) is 0 Å². The van der Waals surface area contributed by atoms with Crippen LogP contribution >= 0.6 is 11.6 Å². The van der Waals surface area contributed by atoms with Crippen LogP contribution < -0.4 is 11.3 Å². The van der Waals surface area contributed by atoms with Crippen molar-refractivity contribution in [3.8, 4) is 0 Å². The molecule has 3 unspecified atom stereocenters. The van der Waals surface area contributed by atoms with Crippen LogP contribution in [0.25, 0.3) is 0 Å². The van der Waals surface area contributed by atoms with Crippen LogP contribution in [0.2, 0.25) is 5.02 Å². The highest BCUT2D eigenvalue weighted by atomic mass is 35.5. The predicted molar refractivity (Wildman–Crippen MR) is 78.3 cm³/mol. The Morgan fingerprint density at radius 1 is 1.43 bits per heavy atom. The van der Waals surface area contributed by atoms with Crippen LogP contribution in [0.15, 0.2) is 18.2 Å². The highest BCUT2D eigenvalue weighted by Gasteiger charge is 2.43. The van der Waals surface area contributed by atoms with E-state index in [4.69, 9.17) is 26.9 Å². The largest absolute Gasteiger partial charge is 0.378 e. The number of ether oxygens (including phenoxy) is 2. The standard InChI is InChI=1S/C15H20ClFN2O2/c16-11-1-2-13(17)12(7-11)14(19-18)10-3-5-21-15(8-10)4-6-20-9-15/h1-2,7,10,14,19H,3-6,8-9,18H2. The van der Waals surface area contributed by atoms with Gasteiger partial charge in [-0.15, -0.1) is 0 Å². The predicted octanol–water partition coefficient (Wildman–Crippen LogP) is 2.57. The fraction of sp³-hybridized carbons (Fsp3) is 0.600. The second kappa shape index (κ2) is 6.18. The molecule has 2 heterocycles. The van der Waals surface area contributed by atoms with Gasteiger partial charge in [-0.3, -0.25) is 11.3 Å². The number of nitrogens with one attached hydrogen (secondary N) is 1. The zero-order valence-electron chi connectivity index (χ0n) is 11.8. The summed E-state index contributed by atoms with van der Waals surface area (Å²) < 4.78 is 25.5. The smallest absolute Gasteiger partial charge is 0.128 e. The van der Waals surface area contributed by atoms with Gasteiger partial charge in [0.05, 0.1) is 18.2 Å². The second-order valence-electron chi connectivity index (χ2n) is 5.90. The first-order valence-electron chi connectivity index (χ1n) is 7.26. The summed E-state index contributed by atoms with van der Waals surface area (Å²) in [7, 11) is 0. The van der Waals surface area contributed by atoms with Crippen LogP contribution in [0.1, 0.15) is 30.9 Å². The number of nitrogens with two attached hydrogens (primary N) is 1. The molecule has 1 spiro atoms. The Labute approximate surface area is 128 Å². The van der Waals surface area contributed by atoms with Crippen molar-refractivity contribution in [2.24, 2.45) is 11.8 Å². The Balaban J connectivity index is 1.84. The third kappa shape index (κ3) is 3.07. The first-order valence-corrected chi connectivity index (χ1v) is 7.64. The molecule has 0 aliphatic carbocycles. The number of hydrazine groups is 1. The van der Waals surface area contributed by atoms with E-state index in [9.17, 15) is 4.39 Å². The molecule has 3 rings (SSSR count). The molecule has 0 radical (unpaired) electrons. The monoisotopic (exact) mass is 314 g/mol. The van der Waals surface area contributed by atoms with Crippen LogP contribution in [0.3, 0.4) is 0 Å². The number of halogens is 2. The normalized spacial score (nSPS) is 30.7. The van der Waals surface area contributed by atoms with Gasteiger partial charge in [0.1, 0.15) is 5.82 Å². The number of rotatable bonds is 3. The molecule has 1 aromatic carbocycles. The van der Waals surface area contributed by atoms with E-state index in [1.54, 1.807) is 12.1 Å². The highest BCUT2D eigenvalue weighted by molar-refractivity contribution is 6.30. The maximum Gasteiger partial charge on any atom is 0.128 e. The zero-order valence-corrected chi connectivity index (χ0v) is 12.5. The van der Waals surface area contributed by atoms with Gasteiger partial charge in [0, 0.05) is 30.2 Å². The zero-order chi connectivity index (χ0) is 14.9. The van der Waals surface area contributed by atoms with Crippen molar-refractivity contribution in [2.75, 3.05) is 19.8 Å². The first-order chi connectivity index (χ1) is 10.1. The lowest BCUT2D eigenvalue weighted by Gasteiger charge is -2.40. The maximum absolute atomic E-state index is 14.1. The highest BCUT2D eigenvalue weighted by Crippen LogP contribution is 2.41. The Bertz CT molecular complexity index is 508. The molecular formula is C15H20ClFN2O2. The van der Waals surface area contributed by atoms with Gasteiger partial charge in [-0.2, -0.15) is 0 Å². The molecule has 0 aromatic heterocycles. The minimum atomic E-state index is -0.287. The molecule has 2 saturated heterocycles. The van der Waals surface area contributed by atoms with E-state index >= 15 is 0 Å². The Hall–Kier alpha value is -0.720. The molecule has 2 aliphatic heterocycles. The number of hydrogen-bond acceptors (Lipinski definition) is 4. The van der Waals surface area contributed by atoms with Gasteiger partial charge in [-0.1, -0.05) is 11.6 Å². The van der Waals surface area contributed by atoms with Gasteiger partial charge >= 0.3 is 0 Å². The fourth-order valence-corrected chi connectivity index (χ4v) is 3.63. The molecule has 3 atom stereocenters. The summed E-state index contributed by atoms with van der Waals surface area (Å²) in [6.45, 7) is 1.98. The quantitative estimate of drug-likeness (QED) is 0.665. The topological polar surface area (TPSA) is 56.5 Å². The molecule has 2 fully saturated rings. The van der Waals surface area contributed by atoms with Gasteiger partial charge in [0.25, 0.3) is 0 Å². The molecular weight excluding hydrogens is 295 g/mol. The van der Waals surface area contributed by atoms with E-state index in [1.165, 1.54) is 6.07 Å². The van der Waals surface area contributed by atoms with Gasteiger partial charge < -0.3 is 9.47 Å². The van der Waals surface area contributed by atoms with Crippen molar-refractivity contribution in [1.82, 2.24) is 5.43 Å². The van der Waals surface area contributed by atoms with Crippen LogP contribution in [-0.2, 0) is 9.47 Å². The molecule has 6 heteroatoms. The van der Waals surface area contributed by atoms with Crippen LogP contribution in [0.5, 0.6) is 0 Å². The summed E-state index contributed by atoms with van der Waals surface area (Å²) in [5.41, 5.74) is 3.06. The third-order valence-corrected chi connectivity index (χ3v) is 4.78. The minimum absolute atomic E-state index is 0.193. The summed E-state index contributed by atoms with van der Waals surface area (Å²) in [4.78, 5) is 0. The van der Waals surface area contributed by atoms with E-state index < -0.39 is 0 Å². The van der Waals surface area contributed by atoms with E-state index in [0.717, 1.165) is 25.9 Å². The molecule has 0 bridgehead atoms. The average Bonchev–Trinajstić information content (AvgIpc) is 2.91. The second-order valence-corrected chi connectivity index (χ2v) is 6.33. The van der Waals surface area contributed by atoms with Gasteiger partial charge in [0.15, 0.2) is 0 Å². The molecule has 21 heavy (non-hydrogen) atoms. The molecule has 116 valence electrons. The Morgan fingerprint density at radius 3 is 3.00 bits per heavy atom. The minimum Gasteiger partial charge on any atom is -0.378 e. The summed E-state index contributed by atoms with van der Waals surface area (Å²) in [5.74, 6) is 5.62. The van der Waals surface area contributed by atoms with Crippen molar-refractivity contribution in [3.05, 3.63) is 34.6 Å². The lowest BCUT2D eigenvalue weighted by molar-refractivity contribution is -0.103. The van der Waals surface area contributed by atoms with E-state index in [-0.39, 0.29) is 23.4 Å². The Kier molecular flexibility index (Phi) is 4.47. The molecule has 1 aromatic rings. The van der Waals surface area contributed by atoms with Gasteiger partial charge in [-0.25, -0.2) is 4.39 Å². The summed E-state index contributed by atoms with van der Waals surface area (Å²) >= 11 is 6.00.